The van der Waals surface area contributed by atoms with Crippen molar-refractivity contribution in [3.8, 4) is 5.75 Å². The van der Waals surface area contributed by atoms with Crippen LogP contribution in [0.15, 0.2) is 22.7 Å². The number of halogens is 1. The SMILES string of the molecule is COc1ccc(CC(C)(CNC(C)C)C(C)C)cc1Br. The fourth-order valence-electron chi connectivity index (χ4n) is 2.19. The second kappa shape index (κ2) is 7.46. The lowest BCUT2D eigenvalue weighted by atomic mass is 9.74. The van der Waals surface area contributed by atoms with Crippen LogP contribution in [-0.2, 0) is 6.42 Å². The number of ether oxygens (including phenoxy) is 1. The number of hydrogen-bond acceptors (Lipinski definition) is 2. The Balaban J connectivity index is 2.87. The number of nitrogens with one attached hydrogen (secondary N) is 1. The van der Waals surface area contributed by atoms with Gasteiger partial charge in [-0.15, -0.1) is 0 Å². The number of benzene rings is 1. The zero-order valence-corrected chi connectivity index (χ0v) is 15.2. The first-order valence-electron chi connectivity index (χ1n) is 7.34. The normalized spacial score (nSPS) is 14.7. The van der Waals surface area contributed by atoms with Crippen LogP contribution in [0.1, 0.15) is 40.2 Å². The van der Waals surface area contributed by atoms with Gasteiger partial charge in [0.05, 0.1) is 11.6 Å². The molecule has 2 nitrogen and oxygen atoms in total. The first kappa shape index (κ1) is 17.5. The summed E-state index contributed by atoms with van der Waals surface area (Å²) in [4.78, 5) is 0. The van der Waals surface area contributed by atoms with E-state index in [0.29, 0.717) is 12.0 Å². The van der Waals surface area contributed by atoms with E-state index in [1.807, 2.05) is 6.07 Å². The summed E-state index contributed by atoms with van der Waals surface area (Å²) >= 11 is 3.57. The van der Waals surface area contributed by atoms with Gasteiger partial charge < -0.3 is 10.1 Å². The van der Waals surface area contributed by atoms with Gasteiger partial charge in [0.1, 0.15) is 5.75 Å². The van der Waals surface area contributed by atoms with Crippen molar-refractivity contribution in [1.29, 1.82) is 0 Å². The number of rotatable bonds is 7. The van der Waals surface area contributed by atoms with Crippen LogP contribution in [-0.4, -0.2) is 19.7 Å². The fourth-order valence-corrected chi connectivity index (χ4v) is 2.78. The van der Waals surface area contributed by atoms with Crippen molar-refractivity contribution in [3.05, 3.63) is 28.2 Å². The molecule has 0 radical (unpaired) electrons. The van der Waals surface area contributed by atoms with E-state index in [1.54, 1.807) is 7.11 Å². The van der Waals surface area contributed by atoms with Gasteiger partial charge in [-0.25, -0.2) is 0 Å². The molecule has 1 N–H and O–H groups in total. The average molecular weight is 342 g/mol. The molecule has 1 unspecified atom stereocenters. The zero-order valence-electron chi connectivity index (χ0n) is 13.6. The molecular formula is C17H28BrNO. The molecule has 0 aliphatic rings. The third-order valence-electron chi connectivity index (χ3n) is 4.13. The highest BCUT2D eigenvalue weighted by Crippen LogP contribution is 2.33. The maximum absolute atomic E-state index is 5.30. The van der Waals surface area contributed by atoms with Crippen molar-refractivity contribution < 1.29 is 4.74 Å². The van der Waals surface area contributed by atoms with Gasteiger partial charge in [0.2, 0.25) is 0 Å². The molecule has 0 spiro atoms. The van der Waals surface area contributed by atoms with Gasteiger partial charge in [-0.3, -0.25) is 0 Å². The summed E-state index contributed by atoms with van der Waals surface area (Å²) in [6.45, 7) is 12.4. The van der Waals surface area contributed by atoms with E-state index in [4.69, 9.17) is 4.74 Å². The average Bonchev–Trinajstić information content (AvgIpc) is 2.36. The highest BCUT2D eigenvalue weighted by molar-refractivity contribution is 9.10. The molecule has 0 aliphatic heterocycles. The molecule has 0 saturated carbocycles. The van der Waals surface area contributed by atoms with Gasteiger partial charge in [0, 0.05) is 12.6 Å². The Morgan fingerprint density at radius 2 is 1.90 bits per heavy atom. The van der Waals surface area contributed by atoms with Crippen molar-refractivity contribution in [2.45, 2.75) is 47.1 Å². The Kier molecular flexibility index (Phi) is 6.53. The Morgan fingerprint density at radius 1 is 1.25 bits per heavy atom. The Labute approximate surface area is 132 Å². The van der Waals surface area contributed by atoms with Crippen LogP contribution in [0.2, 0.25) is 0 Å². The second-order valence-electron chi connectivity index (χ2n) is 6.49. The first-order chi connectivity index (χ1) is 9.28. The molecule has 1 atom stereocenters. The van der Waals surface area contributed by atoms with Gasteiger partial charge in [-0.2, -0.15) is 0 Å². The molecule has 20 heavy (non-hydrogen) atoms. The minimum atomic E-state index is 0.248. The van der Waals surface area contributed by atoms with E-state index >= 15 is 0 Å². The van der Waals surface area contributed by atoms with Gasteiger partial charge in [-0.1, -0.05) is 40.7 Å². The van der Waals surface area contributed by atoms with E-state index in [0.717, 1.165) is 23.2 Å². The topological polar surface area (TPSA) is 21.3 Å². The predicted molar refractivity (Wildman–Crippen MR) is 90.5 cm³/mol. The molecule has 0 aromatic heterocycles. The third kappa shape index (κ3) is 4.78. The van der Waals surface area contributed by atoms with E-state index < -0.39 is 0 Å². The van der Waals surface area contributed by atoms with Crippen LogP contribution in [0.25, 0.3) is 0 Å². The Hall–Kier alpha value is -0.540. The quantitative estimate of drug-likeness (QED) is 0.778. The highest BCUT2D eigenvalue weighted by atomic mass is 79.9. The zero-order chi connectivity index (χ0) is 15.3. The van der Waals surface area contributed by atoms with E-state index in [-0.39, 0.29) is 5.41 Å². The Bertz CT molecular complexity index is 431. The minimum absolute atomic E-state index is 0.248. The molecule has 3 heteroatoms. The first-order valence-corrected chi connectivity index (χ1v) is 8.13. The molecule has 1 aromatic carbocycles. The summed E-state index contributed by atoms with van der Waals surface area (Å²) in [7, 11) is 1.70. The standard InChI is InChI=1S/C17H28BrNO/c1-12(2)17(5,11-19-13(3)4)10-14-7-8-16(20-6)15(18)9-14/h7-9,12-13,19H,10-11H2,1-6H3. The molecule has 0 saturated heterocycles. The maximum Gasteiger partial charge on any atom is 0.133 e. The summed E-state index contributed by atoms with van der Waals surface area (Å²) in [5.74, 6) is 1.51. The number of methoxy groups -OCH3 is 1. The Morgan fingerprint density at radius 3 is 2.35 bits per heavy atom. The molecule has 1 rings (SSSR count). The van der Waals surface area contributed by atoms with Crippen LogP contribution < -0.4 is 10.1 Å². The van der Waals surface area contributed by atoms with Crippen LogP contribution in [0.5, 0.6) is 5.75 Å². The molecule has 1 aromatic rings. The summed E-state index contributed by atoms with van der Waals surface area (Å²) in [6, 6.07) is 6.90. The minimum Gasteiger partial charge on any atom is -0.496 e. The van der Waals surface area contributed by atoms with Crippen molar-refractivity contribution >= 4 is 15.9 Å². The third-order valence-corrected chi connectivity index (χ3v) is 4.75. The van der Waals surface area contributed by atoms with Crippen LogP contribution in [0.3, 0.4) is 0 Å². The summed E-state index contributed by atoms with van der Waals surface area (Å²) in [5.41, 5.74) is 1.60. The van der Waals surface area contributed by atoms with Crippen molar-refractivity contribution in [2.75, 3.05) is 13.7 Å². The molecule has 114 valence electrons. The van der Waals surface area contributed by atoms with E-state index in [2.05, 4.69) is 68.0 Å². The van der Waals surface area contributed by atoms with Gasteiger partial charge in [0.15, 0.2) is 0 Å². The monoisotopic (exact) mass is 341 g/mol. The molecule has 0 fully saturated rings. The second-order valence-corrected chi connectivity index (χ2v) is 7.34. The number of hydrogen-bond donors (Lipinski definition) is 1. The van der Waals surface area contributed by atoms with E-state index in [9.17, 15) is 0 Å². The molecule has 0 amide bonds. The lowest BCUT2D eigenvalue weighted by Gasteiger charge is -2.35. The van der Waals surface area contributed by atoms with Gasteiger partial charge in [-0.05, 0) is 51.4 Å². The van der Waals surface area contributed by atoms with Crippen molar-refractivity contribution in [3.63, 3.8) is 0 Å². The molecule has 0 heterocycles. The smallest absolute Gasteiger partial charge is 0.133 e. The lowest BCUT2D eigenvalue weighted by Crippen LogP contribution is -2.40. The largest absolute Gasteiger partial charge is 0.496 e. The van der Waals surface area contributed by atoms with Gasteiger partial charge in [0.25, 0.3) is 0 Å². The summed E-state index contributed by atoms with van der Waals surface area (Å²) in [6.07, 6.45) is 1.06. The summed E-state index contributed by atoms with van der Waals surface area (Å²) < 4.78 is 6.33. The molecule has 0 aliphatic carbocycles. The van der Waals surface area contributed by atoms with Gasteiger partial charge >= 0.3 is 0 Å². The highest BCUT2D eigenvalue weighted by Gasteiger charge is 2.28. The van der Waals surface area contributed by atoms with E-state index in [1.165, 1.54) is 5.56 Å². The predicted octanol–water partition coefficient (Wildman–Crippen LogP) is 4.66. The van der Waals surface area contributed by atoms with Crippen molar-refractivity contribution in [2.24, 2.45) is 11.3 Å². The van der Waals surface area contributed by atoms with Crippen LogP contribution in [0, 0.1) is 11.3 Å². The lowest BCUT2D eigenvalue weighted by molar-refractivity contribution is 0.202. The van der Waals surface area contributed by atoms with Crippen LogP contribution >= 0.6 is 15.9 Å². The van der Waals surface area contributed by atoms with Crippen molar-refractivity contribution in [1.82, 2.24) is 5.32 Å². The van der Waals surface area contributed by atoms with Crippen LogP contribution in [0.4, 0.5) is 0 Å². The summed E-state index contributed by atoms with van der Waals surface area (Å²) in [5, 5.41) is 3.59. The maximum atomic E-state index is 5.30. The molecular weight excluding hydrogens is 314 g/mol. The fraction of sp³-hybridized carbons (Fsp3) is 0.647. The molecule has 0 bridgehead atoms.